The quantitative estimate of drug-likeness (QED) is 0.502. The van der Waals surface area contributed by atoms with Gasteiger partial charge in [0.25, 0.3) is 0 Å². The molecule has 2 heterocycles. The van der Waals surface area contributed by atoms with Gasteiger partial charge < -0.3 is 19.4 Å². The largest absolute Gasteiger partial charge is 0.375 e. The lowest BCUT2D eigenvalue weighted by molar-refractivity contribution is -0.152. The monoisotopic (exact) mass is 458 g/mol. The molecule has 182 valence electrons. The molecule has 4 rings (SSSR count). The van der Waals surface area contributed by atoms with Crippen LogP contribution >= 0.6 is 0 Å². The molecule has 0 bridgehead atoms. The number of carbonyl (C=O) groups excluding carboxylic acids is 2. The molecule has 1 saturated carbocycles. The van der Waals surface area contributed by atoms with Crippen LogP contribution < -0.4 is 10.4 Å². The summed E-state index contributed by atoms with van der Waals surface area (Å²) in [5.74, 6) is -1.39. The van der Waals surface area contributed by atoms with Crippen LogP contribution in [0.5, 0.6) is 0 Å². The molecule has 0 spiro atoms. The number of benzene rings is 1. The third-order valence-corrected chi connectivity index (χ3v) is 7.65. The second kappa shape index (κ2) is 11.3. The minimum Gasteiger partial charge on any atom is -0.375 e. The molecule has 2 N–H and O–H groups in total. The fourth-order valence-electron chi connectivity index (χ4n) is 5.62. The Bertz CT molecular complexity index is 776. The lowest BCUT2D eigenvalue weighted by Crippen LogP contribution is -2.53. The normalized spacial score (nSPS) is 27.4. The number of anilines is 1. The minimum absolute atomic E-state index is 0.0333. The zero-order valence-corrected chi connectivity index (χ0v) is 19.7. The van der Waals surface area contributed by atoms with Gasteiger partial charge in [-0.2, -0.15) is 0 Å². The molecule has 3 fully saturated rings. The molecule has 2 aliphatic heterocycles. The van der Waals surface area contributed by atoms with Gasteiger partial charge in [0.05, 0.1) is 18.1 Å². The van der Waals surface area contributed by atoms with Crippen LogP contribution in [-0.2, 0) is 14.3 Å². The first-order valence-corrected chi connectivity index (χ1v) is 12.5. The van der Waals surface area contributed by atoms with E-state index >= 15 is 0 Å². The van der Waals surface area contributed by atoms with E-state index in [2.05, 4.69) is 28.9 Å². The molecule has 0 aromatic heterocycles. The smallest absolute Gasteiger partial charge is 0.247 e. The van der Waals surface area contributed by atoms with Crippen LogP contribution in [0.15, 0.2) is 30.3 Å². The van der Waals surface area contributed by atoms with E-state index in [9.17, 15) is 14.8 Å². The molecule has 1 aliphatic carbocycles. The van der Waals surface area contributed by atoms with Gasteiger partial charge in [-0.25, -0.2) is 5.48 Å². The number of rotatable bonds is 6. The topological polar surface area (TPSA) is 85.4 Å². The third kappa shape index (κ3) is 5.86. The Kier molecular flexibility index (Phi) is 8.22. The summed E-state index contributed by atoms with van der Waals surface area (Å²) >= 11 is 0. The number of likely N-dealkylation sites (tertiary alicyclic amines) is 1. The summed E-state index contributed by atoms with van der Waals surface area (Å²) in [7, 11) is 0. The Morgan fingerprint density at radius 3 is 2.27 bits per heavy atom. The van der Waals surface area contributed by atoms with Crippen molar-refractivity contribution in [2.75, 3.05) is 50.7 Å². The lowest BCUT2D eigenvalue weighted by atomic mass is 9.76. The van der Waals surface area contributed by atoms with Gasteiger partial charge in [0.2, 0.25) is 11.8 Å². The fourth-order valence-corrected chi connectivity index (χ4v) is 5.62. The summed E-state index contributed by atoms with van der Waals surface area (Å²) in [6.07, 6.45) is 4.08. The van der Waals surface area contributed by atoms with Crippen molar-refractivity contribution in [3.8, 4) is 0 Å². The predicted octanol–water partition coefficient (Wildman–Crippen LogP) is 2.13. The van der Waals surface area contributed by atoms with E-state index in [1.54, 1.807) is 0 Å². The summed E-state index contributed by atoms with van der Waals surface area (Å²) in [6, 6.07) is 10.2. The molecular formula is C25H38N4O4. The average molecular weight is 459 g/mol. The van der Waals surface area contributed by atoms with Crippen LogP contribution in [0.2, 0.25) is 0 Å². The van der Waals surface area contributed by atoms with Crippen molar-refractivity contribution in [1.29, 1.82) is 0 Å². The minimum atomic E-state index is -0.552. The van der Waals surface area contributed by atoms with E-state index in [1.807, 2.05) is 28.6 Å². The van der Waals surface area contributed by atoms with Crippen LogP contribution in [0.4, 0.5) is 5.69 Å². The first-order chi connectivity index (χ1) is 16.1. The van der Waals surface area contributed by atoms with E-state index in [4.69, 9.17) is 4.74 Å². The molecule has 8 heteroatoms. The number of piperidine rings is 1. The van der Waals surface area contributed by atoms with Gasteiger partial charge in [-0.05, 0) is 50.8 Å². The Morgan fingerprint density at radius 2 is 1.64 bits per heavy atom. The number of carbonyl (C=O) groups is 2. The van der Waals surface area contributed by atoms with Gasteiger partial charge in [-0.15, -0.1) is 0 Å². The maximum Gasteiger partial charge on any atom is 0.247 e. The summed E-state index contributed by atoms with van der Waals surface area (Å²) < 4.78 is 6.37. The van der Waals surface area contributed by atoms with Crippen molar-refractivity contribution in [3.05, 3.63) is 30.3 Å². The third-order valence-electron chi connectivity index (χ3n) is 7.65. The van der Waals surface area contributed by atoms with E-state index in [1.165, 1.54) is 5.69 Å². The Hall–Kier alpha value is -2.16. The molecule has 0 radical (unpaired) electrons. The number of para-hydroxylation sites is 1. The summed E-state index contributed by atoms with van der Waals surface area (Å²) in [4.78, 5) is 32.5. The zero-order chi connectivity index (χ0) is 23.2. The highest BCUT2D eigenvalue weighted by molar-refractivity contribution is 5.87. The highest BCUT2D eigenvalue weighted by atomic mass is 16.5. The molecule has 2 amide bonds. The van der Waals surface area contributed by atoms with E-state index in [0.717, 1.165) is 52.0 Å². The van der Waals surface area contributed by atoms with Crippen molar-refractivity contribution >= 4 is 17.5 Å². The number of hydrogen-bond acceptors (Lipinski definition) is 6. The lowest BCUT2D eigenvalue weighted by Gasteiger charge is -2.41. The number of nitrogens with zero attached hydrogens (tertiary/aromatic N) is 3. The van der Waals surface area contributed by atoms with Crippen LogP contribution in [0.3, 0.4) is 0 Å². The van der Waals surface area contributed by atoms with Crippen LogP contribution in [0, 0.1) is 11.8 Å². The number of amides is 2. The van der Waals surface area contributed by atoms with Gasteiger partial charge in [0.1, 0.15) is 0 Å². The van der Waals surface area contributed by atoms with Gasteiger partial charge in [0, 0.05) is 50.9 Å². The number of piperazine rings is 1. The van der Waals surface area contributed by atoms with Gasteiger partial charge in [-0.1, -0.05) is 25.1 Å². The van der Waals surface area contributed by atoms with Crippen LogP contribution in [0.1, 0.15) is 39.0 Å². The standard InChI is InChI=1S/C25H38N4O4/c1-2-27-12-10-20(11-13-27)33-21-8-9-22(23(18-21)24(30)26-32)25(31)29-16-14-28(15-17-29)19-6-4-3-5-7-19/h3-7,20-23,32H,2,8-18H2,1H3,(H,26,30)/t21-,22+,23+/m1/s1. The summed E-state index contributed by atoms with van der Waals surface area (Å²) in [5.41, 5.74) is 2.98. The highest BCUT2D eigenvalue weighted by Gasteiger charge is 2.42. The van der Waals surface area contributed by atoms with Crippen LogP contribution in [-0.4, -0.2) is 84.8 Å². The van der Waals surface area contributed by atoms with Crippen molar-refractivity contribution in [1.82, 2.24) is 15.3 Å². The maximum absolute atomic E-state index is 13.4. The number of hydrogen-bond donors (Lipinski definition) is 2. The van der Waals surface area contributed by atoms with Crippen molar-refractivity contribution < 1.29 is 19.5 Å². The van der Waals surface area contributed by atoms with Crippen molar-refractivity contribution in [2.45, 2.75) is 51.2 Å². The number of nitrogens with one attached hydrogen (secondary N) is 1. The first-order valence-electron chi connectivity index (χ1n) is 12.5. The predicted molar refractivity (Wildman–Crippen MR) is 126 cm³/mol. The van der Waals surface area contributed by atoms with Gasteiger partial charge >= 0.3 is 0 Å². The molecule has 33 heavy (non-hydrogen) atoms. The number of ether oxygens (including phenoxy) is 1. The second-order valence-corrected chi connectivity index (χ2v) is 9.54. The van der Waals surface area contributed by atoms with Crippen LogP contribution in [0.25, 0.3) is 0 Å². The molecule has 1 aromatic carbocycles. The Morgan fingerprint density at radius 1 is 0.939 bits per heavy atom. The Balaban J connectivity index is 1.32. The molecule has 3 atom stereocenters. The molecule has 1 aromatic rings. The molecular weight excluding hydrogens is 420 g/mol. The van der Waals surface area contributed by atoms with Crippen molar-refractivity contribution in [3.63, 3.8) is 0 Å². The number of hydroxylamine groups is 1. The molecule has 3 aliphatic rings. The fraction of sp³-hybridized carbons (Fsp3) is 0.680. The molecule has 2 saturated heterocycles. The SMILES string of the molecule is CCN1CCC(O[C@@H]2CC[C@H](C(=O)N3CCN(c4ccccc4)CC3)[C@@H](C(=O)NO)C2)CC1. The second-order valence-electron chi connectivity index (χ2n) is 9.54. The van der Waals surface area contributed by atoms with Gasteiger partial charge in [0.15, 0.2) is 0 Å². The maximum atomic E-state index is 13.4. The average Bonchev–Trinajstić information content (AvgIpc) is 2.89. The molecule has 8 nitrogen and oxygen atoms in total. The zero-order valence-electron chi connectivity index (χ0n) is 19.7. The van der Waals surface area contributed by atoms with Gasteiger partial charge in [-0.3, -0.25) is 14.8 Å². The van der Waals surface area contributed by atoms with E-state index in [-0.39, 0.29) is 18.1 Å². The van der Waals surface area contributed by atoms with Crippen molar-refractivity contribution in [2.24, 2.45) is 11.8 Å². The van der Waals surface area contributed by atoms with E-state index < -0.39 is 17.7 Å². The summed E-state index contributed by atoms with van der Waals surface area (Å²) in [5, 5.41) is 9.34. The van der Waals surface area contributed by atoms with E-state index in [0.29, 0.717) is 25.9 Å². The highest BCUT2D eigenvalue weighted by Crippen LogP contribution is 2.35. The first kappa shape index (κ1) is 24.0. The Labute approximate surface area is 196 Å². The molecule has 0 unspecified atom stereocenters. The summed E-state index contributed by atoms with van der Waals surface area (Å²) in [6.45, 7) is 8.19.